The van der Waals surface area contributed by atoms with E-state index in [9.17, 15) is 0 Å². The predicted octanol–water partition coefficient (Wildman–Crippen LogP) is 5.88. The minimum atomic E-state index is 0.900. The van der Waals surface area contributed by atoms with Gasteiger partial charge in [-0.25, -0.2) is 0 Å². The summed E-state index contributed by atoms with van der Waals surface area (Å²) in [5, 5.41) is 5.03. The van der Waals surface area contributed by atoms with Crippen LogP contribution in [0.25, 0.3) is 5.57 Å². The van der Waals surface area contributed by atoms with E-state index in [0.717, 1.165) is 11.3 Å². The van der Waals surface area contributed by atoms with Gasteiger partial charge in [0.2, 0.25) is 0 Å². The zero-order chi connectivity index (χ0) is 16.5. The Hall–Kier alpha value is -1.93. The van der Waals surface area contributed by atoms with Crippen molar-refractivity contribution < 1.29 is 0 Å². The highest BCUT2D eigenvalue weighted by atomic mass is 32.1. The molecule has 0 heterocycles. The SMILES string of the molecule is C=C(N/C=C(\C)c1ccccc1)/C(C)=C/C(C)=C(C)/C=C\S. The van der Waals surface area contributed by atoms with Crippen molar-refractivity contribution >= 4 is 18.2 Å². The quantitative estimate of drug-likeness (QED) is 0.494. The smallest absolute Gasteiger partial charge is 0.0336 e. The number of thiol groups is 1. The van der Waals surface area contributed by atoms with E-state index in [-0.39, 0.29) is 0 Å². The zero-order valence-electron chi connectivity index (χ0n) is 13.9. The van der Waals surface area contributed by atoms with Gasteiger partial charge in [0.25, 0.3) is 0 Å². The fourth-order valence-corrected chi connectivity index (χ4v) is 2.09. The van der Waals surface area contributed by atoms with Gasteiger partial charge in [0.05, 0.1) is 0 Å². The molecule has 0 saturated heterocycles. The van der Waals surface area contributed by atoms with E-state index in [1.165, 1.54) is 22.3 Å². The first kappa shape index (κ1) is 18.1. The minimum absolute atomic E-state index is 0.900. The second-order valence-electron chi connectivity index (χ2n) is 5.33. The molecule has 0 amide bonds. The molecule has 1 aromatic rings. The van der Waals surface area contributed by atoms with Gasteiger partial charge in [-0.05, 0) is 61.0 Å². The first-order valence-electron chi connectivity index (χ1n) is 7.30. The molecule has 1 nitrogen and oxygen atoms in total. The summed E-state index contributed by atoms with van der Waals surface area (Å²) in [7, 11) is 0. The molecular weight excluding hydrogens is 286 g/mol. The van der Waals surface area contributed by atoms with Gasteiger partial charge in [0, 0.05) is 11.9 Å². The van der Waals surface area contributed by atoms with E-state index in [1.807, 2.05) is 30.5 Å². The highest BCUT2D eigenvalue weighted by Crippen LogP contribution is 2.15. The van der Waals surface area contributed by atoms with Gasteiger partial charge in [-0.3, -0.25) is 0 Å². The maximum Gasteiger partial charge on any atom is 0.0336 e. The van der Waals surface area contributed by atoms with Gasteiger partial charge in [0.15, 0.2) is 0 Å². The van der Waals surface area contributed by atoms with Crippen molar-refractivity contribution in [3.05, 3.63) is 88.7 Å². The van der Waals surface area contributed by atoms with Crippen molar-refractivity contribution in [1.29, 1.82) is 0 Å². The highest BCUT2D eigenvalue weighted by molar-refractivity contribution is 7.83. The van der Waals surface area contributed by atoms with Gasteiger partial charge in [-0.15, -0.1) is 0 Å². The van der Waals surface area contributed by atoms with E-state index >= 15 is 0 Å². The summed E-state index contributed by atoms with van der Waals surface area (Å²) in [5.74, 6) is 0. The van der Waals surface area contributed by atoms with Crippen LogP contribution in [-0.4, -0.2) is 0 Å². The number of rotatable bonds is 6. The van der Waals surface area contributed by atoms with Crippen molar-refractivity contribution in [3.63, 3.8) is 0 Å². The van der Waals surface area contributed by atoms with Crippen LogP contribution in [-0.2, 0) is 0 Å². The van der Waals surface area contributed by atoms with Crippen LogP contribution in [0.15, 0.2) is 83.1 Å². The Morgan fingerprint density at radius 3 is 2.27 bits per heavy atom. The van der Waals surface area contributed by atoms with Crippen LogP contribution in [0.2, 0.25) is 0 Å². The second-order valence-corrected chi connectivity index (χ2v) is 5.62. The fraction of sp³-hybridized carbons (Fsp3) is 0.200. The summed E-state index contributed by atoms with van der Waals surface area (Å²) in [4.78, 5) is 0. The Labute approximate surface area is 140 Å². The Balaban J connectivity index is 2.79. The zero-order valence-corrected chi connectivity index (χ0v) is 14.7. The van der Waals surface area contributed by atoms with Crippen molar-refractivity contribution in [2.75, 3.05) is 0 Å². The average molecular weight is 311 g/mol. The molecule has 0 aromatic heterocycles. The number of hydrogen-bond donors (Lipinski definition) is 2. The molecule has 0 aliphatic rings. The molecule has 0 bridgehead atoms. The van der Waals surface area contributed by atoms with E-state index in [1.54, 1.807) is 5.41 Å². The number of nitrogens with one attached hydrogen (secondary N) is 1. The monoisotopic (exact) mass is 311 g/mol. The van der Waals surface area contributed by atoms with Gasteiger partial charge in [-0.2, -0.15) is 12.6 Å². The summed E-state index contributed by atoms with van der Waals surface area (Å²) in [6, 6.07) is 10.3. The molecule has 0 radical (unpaired) electrons. The van der Waals surface area contributed by atoms with Gasteiger partial charge < -0.3 is 5.32 Å². The third-order valence-electron chi connectivity index (χ3n) is 3.55. The number of hydrogen-bond acceptors (Lipinski definition) is 2. The Bertz CT molecular complexity index is 631. The number of benzene rings is 1. The molecule has 1 aromatic carbocycles. The molecule has 1 N–H and O–H groups in total. The maximum absolute atomic E-state index is 4.10. The molecule has 2 heteroatoms. The highest BCUT2D eigenvalue weighted by Gasteiger charge is 1.98. The van der Waals surface area contributed by atoms with Crippen LogP contribution in [0.5, 0.6) is 0 Å². The topological polar surface area (TPSA) is 12.0 Å². The number of allylic oxidation sites excluding steroid dienone is 6. The lowest BCUT2D eigenvalue weighted by molar-refractivity contribution is 1.07. The molecule has 0 fully saturated rings. The summed E-state index contributed by atoms with van der Waals surface area (Å²) in [6.07, 6.45) is 6.11. The standard InChI is InChI=1S/C20H25NS/c1-15(11-12-22)16(2)13-17(3)19(5)21-14-18(4)20-9-7-6-8-10-20/h6-14,21-22H,5H2,1-4H3/b12-11-,16-15+,17-13+,18-14+. The van der Waals surface area contributed by atoms with Gasteiger partial charge in [0.1, 0.15) is 0 Å². The van der Waals surface area contributed by atoms with Crippen molar-refractivity contribution in [2.24, 2.45) is 0 Å². The summed E-state index contributed by atoms with van der Waals surface area (Å²) < 4.78 is 0. The van der Waals surface area contributed by atoms with Gasteiger partial charge >= 0.3 is 0 Å². The van der Waals surface area contributed by atoms with E-state index < -0.39 is 0 Å². The van der Waals surface area contributed by atoms with E-state index in [2.05, 4.69) is 70.4 Å². The Kier molecular flexibility index (Phi) is 7.55. The van der Waals surface area contributed by atoms with Crippen LogP contribution in [0.3, 0.4) is 0 Å². The molecule has 1 rings (SSSR count). The van der Waals surface area contributed by atoms with Crippen LogP contribution in [0.4, 0.5) is 0 Å². The fourth-order valence-electron chi connectivity index (χ4n) is 1.86. The van der Waals surface area contributed by atoms with E-state index in [4.69, 9.17) is 0 Å². The molecule has 0 spiro atoms. The first-order chi connectivity index (χ1) is 10.5. The summed E-state index contributed by atoms with van der Waals surface area (Å²) >= 11 is 4.10. The Morgan fingerprint density at radius 2 is 1.68 bits per heavy atom. The molecule has 0 atom stereocenters. The molecular formula is C20H25NS. The largest absolute Gasteiger partial charge is 0.362 e. The second kappa shape index (κ2) is 9.16. The normalized spacial score (nSPS) is 14.0. The molecule has 116 valence electrons. The van der Waals surface area contributed by atoms with Crippen LogP contribution in [0, 0.1) is 0 Å². The van der Waals surface area contributed by atoms with Crippen molar-refractivity contribution in [2.45, 2.75) is 27.7 Å². The van der Waals surface area contributed by atoms with Crippen LogP contribution in [0.1, 0.15) is 33.3 Å². The van der Waals surface area contributed by atoms with Crippen LogP contribution >= 0.6 is 12.6 Å². The van der Waals surface area contributed by atoms with Crippen LogP contribution < -0.4 is 5.32 Å². The van der Waals surface area contributed by atoms with E-state index in [0.29, 0.717) is 0 Å². The summed E-state index contributed by atoms with van der Waals surface area (Å²) in [6.45, 7) is 12.4. The third kappa shape index (κ3) is 5.82. The molecule has 0 saturated carbocycles. The third-order valence-corrected chi connectivity index (χ3v) is 3.70. The predicted molar refractivity (Wildman–Crippen MR) is 103 cm³/mol. The first-order valence-corrected chi connectivity index (χ1v) is 7.82. The molecule has 0 unspecified atom stereocenters. The maximum atomic E-state index is 4.10. The lowest BCUT2D eigenvalue weighted by Gasteiger charge is -2.09. The lowest BCUT2D eigenvalue weighted by Crippen LogP contribution is -2.05. The van der Waals surface area contributed by atoms with Crippen molar-refractivity contribution in [3.8, 4) is 0 Å². The average Bonchev–Trinajstić information content (AvgIpc) is 2.53. The summed E-state index contributed by atoms with van der Waals surface area (Å²) in [5.41, 5.74) is 6.79. The Morgan fingerprint density at radius 1 is 1.05 bits per heavy atom. The molecule has 0 aliphatic heterocycles. The molecule has 22 heavy (non-hydrogen) atoms. The van der Waals surface area contributed by atoms with Crippen molar-refractivity contribution in [1.82, 2.24) is 5.32 Å². The minimum Gasteiger partial charge on any atom is -0.362 e. The lowest BCUT2D eigenvalue weighted by atomic mass is 10.1. The van der Waals surface area contributed by atoms with Gasteiger partial charge in [-0.1, -0.05) is 49.1 Å². The molecule has 0 aliphatic carbocycles.